The number of ether oxygens (including phenoxy) is 2. The maximum atomic E-state index is 12.0. The van der Waals surface area contributed by atoms with Gasteiger partial charge in [-0.05, 0) is 24.7 Å². The van der Waals surface area contributed by atoms with Crippen LogP contribution in [0.5, 0.6) is 0 Å². The van der Waals surface area contributed by atoms with Crippen molar-refractivity contribution in [2.45, 2.75) is 32.1 Å². The second-order valence-corrected chi connectivity index (χ2v) is 6.44. The van der Waals surface area contributed by atoms with Crippen LogP contribution in [0.3, 0.4) is 0 Å². The summed E-state index contributed by atoms with van der Waals surface area (Å²) in [5, 5.41) is 0. The molecule has 0 radical (unpaired) electrons. The molecule has 2 aliphatic rings. The van der Waals surface area contributed by atoms with Crippen LogP contribution < -0.4 is 0 Å². The molecule has 2 fully saturated rings. The molecule has 0 aromatic carbocycles. The molecule has 1 saturated heterocycles. The van der Waals surface area contributed by atoms with E-state index in [0.717, 1.165) is 10.8 Å². The summed E-state index contributed by atoms with van der Waals surface area (Å²) < 4.78 is 11.0. The zero-order chi connectivity index (χ0) is 13.8. The number of hydrogen-bond acceptors (Lipinski definition) is 4. The Labute approximate surface area is 127 Å². The van der Waals surface area contributed by atoms with Crippen molar-refractivity contribution < 1.29 is 19.1 Å². The van der Waals surface area contributed by atoms with Crippen LogP contribution in [-0.4, -0.2) is 30.1 Å². The fraction of sp³-hybridized carbons (Fsp3) is 0.857. The predicted octanol–water partition coefficient (Wildman–Crippen LogP) is 2.58. The highest BCUT2D eigenvalue weighted by Crippen LogP contribution is 2.43. The van der Waals surface area contributed by atoms with Gasteiger partial charge in [0, 0.05) is 10.3 Å². The number of alkyl halides is 1. The molecule has 0 amide bonds. The second kappa shape index (κ2) is 6.90. The monoisotopic (exact) mass is 380 g/mol. The van der Waals surface area contributed by atoms with Crippen molar-refractivity contribution in [3.05, 3.63) is 0 Å². The van der Waals surface area contributed by atoms with E-state index < -0.39 is 0 Å². The van der Waals surface area contributed by atoms with Crippen molar-refractivity contribution in [2.75, 3.05) is 18.1 Å². The van der Waals surface area contributed by atoms with Gasteiger partial charge in [-0.2, -0.15) is 0 Å². The van der Waals surface area contributed by atoms with Crippen LogP contribution in [0.2, 0.25) is 0 Å². The normalized spacial score (nSPS) is 34.9. The summed E-state index contributed by atoms with van der Waals surface area (Å²) in [6.07, 6.45) is 5.03. The standard InChI is InChI=1S/C14H21IO4/c1-18-12(16)6-10-8-19-14(17)13(10)11-5-3-2-4-9(11)7-15/h9-11,13H,2-8H2,1H3/t9-,10-,11+,13-/m1/s1. The van der Waals surface area contributed by atoms with Crippen LogP contribution >= 0.6 is 22.6 Å². The number of hydrogen-bond donors (Lipinski definition) is 0. The summed E-state index contributed by atoms with van der Waals surface area (Å²) in [5.41, 5.74) is 0. The minimum atomic E-state index is -0.241. The first-order valence-electron chi connectivity index (χ1n) is 6.96. The number of carbonyl (C=O) groups is 2. The molecule has 1 aliphatic carbocycles. The zero-order valence-corrected chi connectivity index (χ0v) is 13.4. The quantitative estimate of drug-likeness (QED) is 0.428. The molecule has 2 rings (SSSR count). The molecular formula is C14H21IO4. The molecule has 0 N–H and O–H groups in total. The van der Waals surface area contributed by atoms with Gasteiger partial charge in [0.25, 0.3) is 0 Å². The number of esters is 2. The second-order valence-electron chi connectivity index (χ2n) is 5.56. The minimum Gasteiger partial charge on any atom is -0.469 e. The molecule has 0 spiro atoms. The lowest BCUT2D eigenvalue weighted by Gasteiger charge is -2.34. The third-order valence-electron chi connectivity index (χ3n) is 4.50. The molecule has 108 valence electrons. The van der Waals surface area contributed by atoms with Crippen molar-refractivity contribution in [1.29, 1.82) is 0 Å². The Morgan fingerprint density at radius 2 is 2.11 bits per heavy atom. The van der Waals surface area contributed by atoms with Crippen LogP contribution in [-0.2, 0) is 19.1 Å². The van der Waals surface area contributed by atoms with Gasteiger partial charge in [0.05, 0.1) is 26.1 Å². The van der Waals surface area contributed by atoms with Crippen molar-refractivity contribution in [2.24, 2.45) is 23.7 Å². The Hall–Kier alpha value is -0.330. The Morgan fingerprint density at radius 3 is 2.79 bits per heavy atom. The molecule has 0 unspecified atom stereocenters. The highest BCUT2D eigenvalue weighted by Gasteiger charge is 2.46. The van der Waals surface area contributed by atoms with Crippen LogP contribution in [0.4, 0.5) is 0 Å². The fourth-order valence-corrected chi connectivity index (χ4v) is 4.58. The molecule has 5 heteroatoms. The smallest absolute Gasteiger partial charge is 0.309 e. The lowest BCUT2D eigenvalue weighted by molar-refractivity contribution is -0.143. The summed E-state index contributed by atoms with van der Waals surface area (Å²) in [5.74, 6) is 0.541. The van der Waals surface area contributed by atoms with E-state index in [2.05, 4.69) is 22.6 Å². The van der Waals surface area contributed by atoms with Gasteiger partial charge in [-0.15, -0.1) is 0 Å². The highest BCUT2D eigenvalue weighted by molar-refractivity contribution is 14.1. The maximum Gasteiger partial charge on any atom is 0.309 e. The summed E-state index contributed by atoms with van der Waals surface area (Å²) in [6.45, 7) is 0.378. The van der Waals surface area contributed by atoms with Gasteiger partial charge in [-0.25, -0.2) is 0 Å². The summed E-state index contributed by atoms with van der Waals surface area (Å²) in [6, 6.07) is 0. The van der Waals surface area contributed by atoms with Gasteiger partial charge in [0.15, 0.2) is 0 Å². The number of halogens is 1. The molecule has 0 aromatic rings. The first kappa shape index (κ1) is 15.1. The van der Waals surface area contributed by atoms with E-state index in [4.69, 9.17) is 9.47 Å². The van der Waals surface area contributed by atoms with E-state index in [1.807, 2.05) is 0 Å². The van der Waals surface area contributed by atoms with Gasteiger partial charge in [-0.1, -0.05) is 35.4 Å². The van der Waals surface area contributed by atoms with E-state index >= 15 is 0 Å². The van der Waals surface area contributed by atoms with Gasteiger partial charge in [0.2, 0.25) is 0 Å². The van der Waals surface area contributed by atoms with E-state index in [1.165, 1.54) is 26.4 Å². The topological polar surface area (TPSA) is 52.6 Å². The van der Waals surface area contributed by atoms with Crippen molar-refractivity contribution in [1.82, 2.24) is 0 Å². The van der Waals surface area contributed by atoms with Gasteiger partial charge in [-0.3, -0.25) is 9.59 Å². The lowest BCUT2D eigenvalue weighted by Crippen LogP contribution is -2.34. The van der Waals surface area contributed by atoms with Gasteiger partial charge >= 0.3 is 11.9 Å². The number of carbonyl (C=O) groups excluding carboxylic acids is 2. The van der Waals surface area contributed by atoms with Crippen molar-refractivity contribution in [3.63, 3.8) is 0 Å². The van der Waals surface area contributed by atoms with E-state index in [-0.39, 0.29) is 23.8 Å². The summed E-state index contributed by atoms with van der Waals surface area (Å²) in [7, 11) is 1.39. The van der Waals surface area contributed by atoms with Crippen LogP contribution in [0.1, 0.15) is 32.1 Å². The minimum absolute atomic E-state index is 0.00787. The molecule has 4 nitrogen and oxygen atoms in total. The summed E-state index contributed by atoms with van der Waals surface area (Å²) in [4.78, 5) is 23.5. The lowest BCUT2D eigenvalue weighted by atomic mass is 9.69. The Bertz CT molecular complexity index is 344. The average molecular weight is 380 g/mol. The van der Waals surface area contributed by atoms with E-state index in [9.17, 15) is 9.59 Å². The molecular weight excluding hydrogens is 359 g/mol. The third-order valence-corrected chi connectivity index (χ3v) is 5.63. The fourth-order valence-electron chi connectivity index (χ4n) is 3.49. The molecule has 1 heterocycles. The molecule has 1 aliphatic heterocycles. The van der Waals surface area contributed by atoms with Crippen LogP contribution in [0.15, 0.2) is 0 Å². The SMILES string of the molecule is COC(=O)C[C@@H]1COC(=O)[C@H]1[C@H]1CCCC[C@@H]1CI. The van der Waals surface area contributed by atoms with Gasteiger partial charge in [0.1, 0.15) is 0 Å². The summed E-state index contributed by atoms with van der Waals surface area (Å²) >= 11 is 2.41. The number of rotatable bonds is 4. The first-order chi connectivity index (χ1) is 9.17. The van der Waals surface area contributed by atoms with E-state index in [1.54, 1.807) is 0 Å². The number of cyclic esters (lactones) is 1. The maximum absolute atomic E-state index is 12.0. The Balaban J connectivity index is 2.09. The molecule has 4 atom stereocenters. The van der Waals surface area contributed by atoms with Crippen LogP contribution in [0.25, 0.3) is 0 Å². The van der Waals surface area contributed by atoms with Crippen LogP contribution in [0, 0.1) is 23.7 Å². The average Bonchev–Trinajstić information content (AvgIpc) is 2.79. The molecule has 0 bridgehead atoms. The highest BCUT2D eigenvalue weighted by atomic mass is 127. The molecule has 19 heavy (non-hydrogen) atoms. The third kappa shape index (κ3) is 3.41. The largest absolute Gasteiger partial charge is 0.469 e. The first-order valence-corrected chi connectivity index (χ1v) is 8.49. The van der Waals surface area contributed by atoms with Crippen molar-refractivity contribution in [3.8, 4) is 0 Å². The molecule has 0 aromatic heterocycles. The van der Waals surface area contributed by atoms with Crippen molar-refractivity contribution >= 4 is 34.5 Å². The zero-order valence-electron chi connectivity index (χ0n) is 11.3. The Morgan fingerprint density at radius 1 is 1.37 bits per heavy atom. The Kier molecular flexibility index (Phi) is 5.47. The molecule has 1 saturated carbocycles. The number of methoxy groups -OCH3 is 1. The van der Waals surface area contributed by atoms with Gasteiger partial charge < -0.3 is 9.47 Å². The van der Waals surface area contributed by atoms with E-state index in [0.29, 0.717) is 24.9 Å². The predicted molar refractivity (Wildman–Crippen MR) is 78.9 cm³/mol.